The first-order valence-electron chi connectivity index (χ1n) is 9.67. The van der Waals surface area contributed by atoms with Crippen molar-refractivity contribution in [2.75, 3.05) is 44.0 Å². The Balaban J connectivity index is 1.66. The number of hydrogen-bond acceptors (Lipinski definition) is 4. The Morgan fingerprint density at radius 3 is 2.57 bits per heavy atom. The molecule has 0 bridgehead atoms. The molecule has 1 fully saturated rings. The average Bonchev–Trinajstić information content (AvgIpc) is 3.20. The Morgan fingerprint density at radius 1 is 1.18 bits per heavy atom. The molecule has 1 aliphatic rings. The fourth-order valence-corrected chi connectivity index (χ4v) is 3.50. The zero-order chi connectivity index (χ0) is 19.9. The number of rotatable bonds is 8. The predicted octanol–water partition coefficient (Wildman–Crippen LogP) is 4.03. The van der Waals surface area contributed by atoms with Crippen LogP contribution in [0.1, 0.15) is 18.4 Å². The van der Waals surface area contributed by atoms with Gasteiger partial charge in [-0.2, -0.15) is 0 Å². The summed E-state index contributed by atoms with van der Waals surface area (Å²) in [5, 5.41) is 3.77. The molecule has 3 rings (SSSR count). The zero-order valence-corrected chi connectivity index (χ0v) is 17.3. The molecule has 150 valence electrons. The molecule has 0 aliphatic carbocycles. The molecule has 1 unspecified atom stereocenters. The Morgan fingerprint density at radius 2 is 1.93 bits per heavy atom. The molecule has 2 aromatic rings. The number of ether oxygens (including phenoxy) is 1. The molecule has 5 nitrogen and oxygen atoms in total. The van der Waals surface area contributed by atoms with E-state index in [9.17, 15) is 4.79 Å². The Hall–Kier alpha value is -2.24. The van der Waals surface area contributed by atoms with Gasteiger partial charge in [-0.25, -0.2) is 0 Å². The number of hydrogen-bond donors (Lipinski definition) is 1. The van der Waals surface area contributed by atoms with Gasteiger partial charge in [0.25, 0.3) is 0 Å². The van der Waals surface area contributed by atoms with Crippen molar-refractivity contribution in [2.24, 2.45) is 0 Å². The smallest absolute Gasteiger partial charge is 0.242 e. The Kier molecular flexibility index (Phi) is 7.18. The van der Waals surface area contributed by atoms with E-state index in [4.69, 9.17) is 16.3 Å². The van der Waals surface area contributed by atoms with Gasteiger partial charge in [-0.05, 0) is 42.7 Å². The minimum absolute atomic E-state index is 0.0344. The summed E-state index contributed by atoms with van der Waals surface area (Å²) in [6.07, 6.45) is 2.17. The number of carbonyl (C=O) groups excluding carboxylic acids is 1. The number of nitrogens with one attached hydrogen (secondary N) is 1. The molecule has 0 saturated carbocycles. The zero-order valence-electron chi connectivity index (χ0n) is 16.5. The molecule has 1 saturated heterocycles. The Labute approximate surface area is 172 Å². The van der Waals surface area contributed by atoms with Crippen LogP contribution in [0.5, 0.6) is 0 Å². The van der Waals surface area contributed by atoms with E-state index in [0.717, 1.165) is 36.4 Å². The maximum atomic E-state index is 13.0. The predicted molar refractivity (Wildman–Crippen MR) is 115 cm³/mol. The summed E-state index contributed by atoms with van der Waals surface area (Å²) < 4.78 is 5.76. The lowest BCUT2D eigenvalue weighted by Gasteiger charge is -2.26. The molecule has 1 aliphatic heterocycles. The largest absolute Gasteiger partial charge is 0.378 e. The molecular formula is C22H28ClN3O2. The van der Waals surface area contributed by atoms with Crippen LogP contribution < -0.4 is 10.2 Å². The molecule has 0 spiro atoms. The summed E-state index contributed by atoms with van der Waals surface area (Å²) in [6, 6.07) is 15.8. The van der Waals surface area contributed by atoms with Gasteiger partial charge in [0, 0.05) is 39.5 Å². The molecule has 0 radical (unpaired) electrons. The maximum absolute atomic E-state index is 13.0. The molecule has 1 atom stereocenters. The highest BCUT2D eigenvalue weighted by molar-refractivity contribution is 6.33. The van der Waals surface area contributed by atoms with Crippen molar-refractivity contribution in [3.63, 3.8) is 0 Å². The summed E-state index contributed by atoms with van der Waals surface area (Å²) in [5.74, 6) is 0.0344. The van der Waals surface area contributed by atoms with E-state index in [2.05, 4.69) is 34.5 Å². The first-order chi connectivity index (χ1) is 13.5. The summed E-state index contributed by atoms with van der Waals surface area (Å²) in [5.41, 5.74) is 3.01. The van der Waals surface area contributed by atoms with Gasteiger partial charge in [0.1, 0.15) is 0 Å². The van der Waals surface area contributed by atoms with E-state index in [-0.39, 0.29) is 18.6 Å². The van der Waals surface area contributed by atoms with Gasteiger partial charge >= 0.3 is 0 Å². The minimum atomic E-state index is 0.0344. The van der Waals surface area contributed by atoms with Crippen molar-refractivity contribution in [2.45, 2.75) is 25.5 Å². The van der Waals surface area contributed by atoms with E-state index >= 15 is 0 Å². The van der Waals surface area contributed by atoms with Crippen LogP contribution in [0.2, 0.25) is 5.02 Å². The maximum Gasteiger partial charge on any atom is 0.242 e. The van der Waals surface area contributed by atoms with Gasteiger partial charge in [-0.1, -0.05) is 35.9 Å². The number of amides is 1. The van der Waals surface area contributed by atoms with Crippen LogP contribution in [-0.2, 0) is 16.1 Å². The summed E-state index contributed by atoms with van der Waals surface area (Å²) >= 11 is 6.18. The highest BCUT2D eigenvalue weighted by Gasteiger charge is 2.23. The van der Waals surface area contributed by atoms with Crippen LogP contribution in [0.25, 0.3) is 0 Å². The summed E-state index contributed by atoms with van der Waals surface area (Å²) in [6.45, 7) is 2.16. The van der Waals surface area contributed by atoms with Crippen LogP contribution in [0.4, 0.5) is 11.4 Å². The quantitative estimate of drug-likeness (QED) is 0.725. The lowest BCUT2D eigenvalue weighted by atomic mass is 10.1. The second kappa shape index (κ2) is 9.80. The highest BCUT2D eigenvalue weighted by Crippen LogP contribution is 2.21. The van der Waals surface area contributed by atoms with Crippen LogP contribution in [0, 0.1) is 0 Å². The van der Waals surface area contributed by atoms with Crippen LogP contribution in [0.15, 0.2) is 48.5 Å². The molecule has 0 aromatic heterocycles. The molecule has 1 heterocycles. The van der Waals surface area contributed by atoms with Gasteiger partial charge < -0.3 is 19.9 Å². The van der Waals surface area contributed by atoms with E-state index in [0.29, 0.717) is 18.1 Å². The molecule has 6 heteroatoms. The third-order valence-electron chi connectivity index (χ3n) is 4.93. The van der Waals surface area contributed by atoms with E-state index in [1.54, 1.807) is 0 Å². The van der Waals surface area contributed by atoms with Crippen molar-refractivity contribution >= 4 is 28.9 Å². The fourth-order valence-electron chi connectivity index (χ4n) is 3.30. The number of anilines is 2. The topological polar surface area (TPSA) is 44.8 Å². The van der Waals surface area contributed by atoms with E-state index in [1.807, 2.05) is 43.3 Å². The number of nitrogens with zero attached hydrogens (tertiary/aromatic N) is 2. The first kappa shape index (κ1) is 20.5. The van der Waals surface area contributed by atoms with Crippen LogP contribution in [0.3, 0.4) is 0 Å². The average molecular weight is 402 g/mol. The number of para-hydroxylation sites is 1. The van der Waals surface area contributed by atoms with Crippen molar-refractivity contribution in [1.82, 2.24) is 4.90 Å². The number of carbonyl (C=O) groups is 1. The molecule has 1 amide bonds. The first-order valence-corrected chi connectivity index (χ1v) is 10.0. The van der Waals surface area contributed by atoms with E-state index < -0.39 is 0 Å². The minimum Gasteiger partial charge on any atom is -0.378 e. The fraction of sp³-hybridized carbons (Fsp3) is 0.409. The molecular weight excluding hydrogens is 374 g/mol. The molecule has 1 N–H and O–H groups in total. The van der Waals surface area contributed by atoms with Gasteiger partial charge in [-0.15, -0.1) is 0 Å². The van der Waals surface area contributed by atoms with Gasteiger partial charge in [-0.3, -0.25) is 4.79 Å². The number of benzene rings is 2. The van der Waals surface area contributed by atoms with Crippen molar-refractivity contribution in [3.8, 4) is 0 Å². The molecule has 2 aromatic carbocycles. The normalized spacial score (nSPS) is 16.0. The standard InChI is InChI=1S/C22H28ClN3O2/c1-25(2)18-11-9-17(10-12-18)15-26(16-19-6-5-13-28-19)22(27)14-24-21-8-4-3-7-20(21)23/h3-4,7-12,19,24H,5-6,13-16H2,1-2H3. The summed E-state index contributed by atoms with van der Waals surface area (Å²) in [4.78, 5) is 16.9. The lowest BCUT2D eigenvalue weighted by molar-refractivity contribution is -0.131. The van der Waals surface area contributed by atoms with E-state index in [1.165, 1.54) is 0 Å². The van der Waals surface area contributed by atoms with Crippen LogP contribution >= 0.6 is 11.6 Å². The summed E-state index contributed by atoms with van der Waals surface area (Å²) in [7, 11) is 4.03. The molecule has 28 heavy (non-hydrogen) atoms. The van der Waals surface area contributed by atoms with Gasteiger partial charge in [0.15, 0.2) is 0 Å². The monoisotopic (exact) mass is 401 g/mol. The second-order valence-corrected chi connectivity index (χ2v) is 7.71. The Bertz CT molecular complexity index is 774. The third kappa shape index (κ3) is 5.63. The van der Waals surface area contributed by atoms with Crippen LogP contribution in [-0.4, -0.2) is 50.7 Å². The number of halogens is 1. The van der Waals surface area contributed by atoms with Crippen molar-refractivity contribution in [3.05, 3.63) is 59.1 Å². The highest BCUT2D eigenvalue weighted by atomic mass is 35.5. The van der Waals surface area contributed by atoms with Crippen molar-refractivity contribution in [1.29, 1.82) is 0 Å². The van der Waals surface area contributed by atoms with Crippen molar-refractivity contribution < 1.29 is 9.53 Å². The lowest BCUT2D eigenvalue weighted by Crippen LogP contribution is -2.40. The SMILES string of the molecule is CN(C)c1ccc(CN(CC2CCCO2)C(=O)CNc2ccccc2Cl)cc1. The third-order valence-corrected chi connectivity index (χ3v) is 5.26. The van der Waals surface area contributed by atoms with Gasteiger partial charge in [0.05, 0.1) is 23.4 Å². The second-order valence-electron chi connectivity index (χ2n) is 7.30. The van der Waals surface area contributed by atoms with Gasteiger partial charge in [0.2, 0.25) is 5.91 Å².